The first kappa shape index (κ1) is 24.0. The molecular formula is C29H21ClN4O3. The van der Waals surface area contributed by atoms with E-state index in [-0.39, 0.29) is 24.3 Å². The van der Waals surface area contributed by atoms with Crippen LogP contribution in [-0.4, -0.2) is 40.7 Å². The van der Waals surface area contributed by atoms with E-state index < -0.39 is 0 Å². The molecule has 0 radical (unpaired) electrons. The van der Waals surface area contributed by atoms with E-state index in [1.54, 1.807) is 66.9 Å². The Morgan fingerprint density at radius 1 is 0.973 bits per heavy atom. The third-order valence-electron chi connectivity index (χ3n) is 6.08. The Balaban J connectivity index is 1.18. The van der Waals surface area contributed by atoms with E-state index in [1.807, 2.05) is 6.07 Å². The first-order valence-electron chi connectivity index (χ1n) is 11.6. The van der Waals surface area contributed by atoms with Gasteiger partial charge in [-0.25, -0.2) is 4.98 Å². The van der Waals surface area contributed by atoms with E-state index in [0.717, 1.165) is 10.8 Å². The largest absolute Gasteiger partial charge is 0.383 e. The van der Waals surface area contributed by atoms with Crippen molar-refractivity contribution in [2.45, 2.75) is 6.42 Å². The molecule has 2 heterocycles. The summed E-state index contributed by atoms with van der Waals surface area (Å²) in [6.07, 6.45) is 2.13. The summed E-state index contributed by atoms with van der Waals surface area (Å²) in [6.45, 7) is 0.558. The van der Waals surface area contributed by atoms with Crippen molar-refractivity contribution in [3.05, 3.63) is 106 Å². The number of benzene rings is 3. The van der Waals surface area contributed by atoms with Gasteiger partial charge in [-0.3, -0.25) is 19.3 Å². The van der Waals surface area contributed by atoms with Crippen LogP contribution in [0.1, 0.15) is 48.6 Å². The lowest BCUT2D eigenvalue weighted by Crippen LogP contribution is -2.33. The maximum absolute atomic E-state index is 12.5. The van der Waals surface area contributed by atoms with Gasteiger partial charge in [-0.15, -0.1) is 0 Å². The molecule has 3 amide bonds. The van der Waals surface area contributed by atoms with Crippen LogP contribution in [0.2, 0.25) is 5.02 Å². The number of aromatic nitrogens is 1. The van der Waals surface area contributed by atoms with Gasteiger partial charge in [-0.1, -0.05) is 41.6 Å². The maximum atomic E-state index is 12.5. The molecule has 0 aliphatic carbocycles. The minimum atomic E-state index is -0.298. The molecule has 1 aliphatic rings. The van der Waals surface area contributed by atoms with Crippen molar-refractivity contribution in [2.75, 3.05) is 18.8 Å². The number of carbonyl (C=O) groups excluding carboxylic acids is 3. The number of fused-ring (bicyclic) bond motifs is 2. The Morgan fingerprint density at radius 2 is 1.68 bits per heavy atom. The topological polar surface area (TPSA) is 105 Å². The molecule has 0 saturated carbocycles. The Kier molecular flexibility index (Phi) is 6.59. The minimum absolute atomic E-state index is 0.235. The fourth-order valence-electron chi connectivity index (χ4n) is 4.15. The van der Waals surface area contributed by atoms with Gasteiger partial charge in [0.25, 0.3) is 17.7 Å². The number of hydrogen-bond donors (Lipinski definition) is 2. The SMILES string of the molecule is Nc1ncc2ccc(Cl)cc2c1C#Cc1ccc(C(=O)NCCCN2C(=O)c3ccccc3C2=O)cc1. The molecule has 4 aromatic rings. The number of nitrogens with one attached hydrogen (secondary N) is 1. The fraction of sp³-hybridized carbons (Fsp3) is 0.103. The lowest BCUT2D eigenvalue weighted by Gasteiger charge is -2.13. The average molecular weight is 509 g/mol. The molecule has 0 atom stereocenters. The second-order valence-corrected chi connectivity index (χ2v) is 8.93. The van der Waals surface area contributed by atoms with Gasteiger partial charge in [0.1, 0.15) is 5.82 Å². The molecule has 0 saturated heterocycles. The van der Waals surface area contributed by atoms with Crippen LogP contribution in [-0.2, 0) is 0 Å². The van der Waals surface area contributed by atoms with Gasteiger partial charge >= 0.3 is 0 Å². The number of nitrogen functional groups attached to an aromatic ring is 1. The molecule has 3 N–H and O–H groups in total. The number of carbonyl (C=O) groups is 3. The molecule has 0 unspecified atom stereocenters. The molecular weight excluding hydrogens is 488 g/mol. The van der Waals surface area contributed by atoms with Crippen LogP contribution in [0.25, 0.3) is 10.8 Å². The standard InChI is InChI=1S/C29H21ClN4O3/c30-21-12-11-20-17-33-26(31)22(25(20)16-21)13-8-18-6-9-19(10-7-18)27(35)32-14-3-15-34-28(36)23-4-1-2-5-24(23)29(34)37/h1-2,4-7,9-12,16-17H,3,14-15H2,(H2,31,33)(H,32,35). The zero-order valence-corrected chi connectivity index (χ0v) is 20.4. The highest BCUT2D eigenvalue weighted by atomic mass is 35.5. The quantitative estimate of drug-likeness (QED) is 0.238. The van der Waals surface area contributed by atoms with Crippen molar-refractivity contribution >= 4 is 45.9 Å². The molecule has 0 bridgehead atoms. The predicted molar refractivity (Wildman–Crippen MR) is 142 cm³/mol. The molecule has 1 aromatic heterocycles. The summed E-state index contributed by atoms with van der Waals surface area (Å²) < 4.78 is 0. The Labute approximate surface area is 218 Å². The van der Waals surface area contributed by atoms with Gasteiger partial charge in [0.15, 0.2) is 0 Å². The summed E-state index contributed by atoms with van der Waals surface area (Å²) >= 11 is 6.14. The summed E-state index contributed by atoms with van der Waals surface area (Å²) in [4.78, 5) is 42.8. The summed E-state index contributed by atoms with van der Waals surface area (Å²) in [5.74, 6) is 5.61. The van der Waals surface area contributed by atoms with Crippen LogP contribution >= 0.6 is 11.6 Å². The molecule has 3 aromatic carbocycles. The zero-order valence-electron chi connectivity index (χ0n) is 19.6. The lowest BCUT2D eigenvalue weighted by molar-refractivity contribution is 0.0653. The van der Waals surface area contributed by atoms with Crippen molar-refractivity contribution in [1.29, 1.82) is 0 Å². The smallest absolute Gasteiger partial charge is 0.261 e. The van der Waals surface area contributed by atoms with Crippen LogP contribution < -0.4 is 11.1 Å². The van der Waals surface area contributed by atoms with E-state index in [1.165, 1.54) is 4.90 Å². The van der Waals surface area contributed by atoms with Gasteiger partial charge < -0.3 is 11.1 Å². The molecule has 37 heavy (non-hydrogen) atoms. The summed E-state index contributed by atoms with van der Waals surface area (Å²) in [6, 6.07) is 19.1. The molecule has 7 nitrogen and oxygen atoms in total. The summed E-state index contributed by atoms with van der Waals surface area (Å²) in [7, 11) is 0. The number of anilines is 1. The normalized spacial score (nSPS) is 12.3. The van der Waals surface area contributed by atoms with E-state index in [4.69, 9.17) is 17.3 Å². The molecule has 8 heteroatoms. The number of rotatable bonds is 5. The van der Waals surface area contributed by atoms with Gasteiger partial charge in [0.2, 0.25) is 0 Å². The molecule has 1 aliphatic heterocycles. The second-order valence-electron chi connectivity index (χ2n) is 8.49. The lowest BCUT2D eigenvalue weighted by atomic mass is 10.1. The highest BCUT2D eigenvalue weighted by Gasteiger charge is 2.34. The third kappa shape index (κ3) is 4.88. The second kappa shape index (κ2) is 10.1. The number of imide groups is 1. The first-order valence-corrected chi connectivity index (χ1v) is 12.0. The predicted octanol–water partition coefficient (Wildman–Crippen LogP) is 4.29. The minimum Gasteiger partial charge on any atom is -0.383 e. The van der Waals surface area contributed by atoms with Crippen molar-refractivity contribution in [1.82, 2.24) is 15.2 Å². The van der Waals surface area contributed by atoms with E-state index >= 15 is 0 Å². The van der Waals surface area contributed by atoms with E-state index in [9.17, 15) is 14.4 Å². The van der Waals surface area contributed by atoms with Crippen molar-refractivity contribution in [3.8, 4) is 11.8 Å². The highest BCUT2D eigenvalue weighted by Crippen LogP contribution is 2.25. The maximum Gasteiger partial charge on any atom is 0.261 e. The highest BCUT2D eigenvalue weighted by molar-refractivity contribution is 6.31. The fourth-order valence-corrected chi connectivity index (χ4v) is 4.33. The van der Waals surface area contributed by atoms with E-state index in [0.29, 0.717) is 51.6 Å². The number of pyridine rings is 1. The van der Waals surface area contributed by atoms with E-state index in [2.05, 4.69) is 22.1 Å². The first-order chi connectivity index (χ1) is 17.9. The van der Waals surface area contributed by atoms with Crippen LogP contribution in [0.5, 0.6) is 0 Å². The van der Waals surface area contributed by atoms with Gasteiger partial charge in [-0.05, 0) is 55.0 Å². The number of nitrogens with two attached hydrogens (primary N) is 1. The molecule has 0 spiro atoms. The average Bonchev–Trinajstić information content (AvgIpc) is 3.15. The van der Waals surface area contributed by atoms with Crippen LogP contribution in [0, 0.1) is 11.8 Å². The third-order valence-corrected chi connectivity index (χ3v) is 6.32. The Hall–Kier alpha value is -4.67. The van der Waals surface area contributed by atoms with Gasteiger partial charge in [0, 0.05) is 46.2 Å². The van der Waals surface area contributed by atoms with Crippen LogP contribution in [0.15, 0.2) is 72.9 Å². The number of nitrogens with zero attached hydrogens (tertiary/aromatic N) is 2. The monoisotopic (exact) mass is 508 g/mol. The Morgan fingerprint density at radius 3 is 2.38 bits per heavy atom. The number of halogens is 1. The molecule has 5 rings (SSSR count). The van der Waals surface area contributed by atoms with Crippen LogP contribution in [0.3, 0.4) is 0 Å². The van der Waals surface area contributed by atoms with Gasteiger partial charge in [-0.2, -0.15) is 0 Å². The summed E-state index contributed by atoms with van der Waals surface area (Å²) in [5, 5.41) is 5.12. The van der Waals surface area contributed by atoms with Crippen molar-refractivity contribution < 1.29 is 14.4 Å². The Bertz CT molecular complexity index is 1580. The molecule has 182 valence electrons. The number of hydrogen-bond acceptors (Lipinski definition) is 5. The summed E-state index contributed by atoms with van der Waals surface area (Å²) in [5.41, 5.74) is 8.67. The van der Waals surface area contributed by atoms with Crippen molar-refractivity contribution in [3.63, 3.8) is 0 Å². The van der Waals surface area contributed by atoms with Gasteiger partial charge in [0.05, 0.1) is 16.7 Å². The number of amides is 3. The zero-order chi connectivity index (χ0) is 25.9. The van der Waals surface area contributed by atoms with Crippen molar-refractivity contribution in [2.24, 2.45) is 0 Å². The molecule has 0 fully saturated rings. The van der Waals surface area contributed by atoms with Crippen LogP contribution in [0.4, 0.5) is 5.82 Å².